The van der Waals surface area contributed by atoms with E-state index in [4.69, 9.17) is 15.7 Å². The summed E-state index contributed by atoms with van der Waals surface area (Å²) < 4.78 is 0. The molecule has 0 aliphatic heterocycles. The first-order chi connectivity index (χ1) is 6.08. The van der Waals surface area contributed by atoms with Crippen LogP contribution < -0.4 is 10.9 Å². The molecule has 0 aliphatic carbocycles. The van der Waals surface area contributed by atoms with Gasteiger partial charge in [0.2, 0.25) is 0 Å². The molecule has 4 heteroatoms. The largest absolute Gasteiger partial charge is 0.288 e. The number of carbonyl (C=O) groups excluding carboxylic acids is 1. The van der Waals surface area contributed by atoms with Gasteiger partial charge in [-0.3, -0.25) is 4.79 Å². The summed E-state index contributed by atoms with van der Waals surface area (Å²) in [5.74, 6) is 0.630. The van der Waals surface area contributed by atoms with Gasteiger partial charge < -0.3 is 0 Å². The van der Waals surface area contributed by atoms with E-state index in [1.807, 2.05) is 12.1 Å². The van der Waals surface area contributed by atoms with Crippen molar-refractivity contribution in [3.63, 3.8) is 0 Å². The van der Waals surface area contributed by atoms with Crippen molar-refractivity contribution in [3.05, 3.63) is 23.8 Å². The predicted octanol–water partition coefficient (Wildman–Crippen LogP) is 0.0539. The van der Waals surface area contributed by atoms with E-state index in [9.17, 15) is 4.79 Å². The number of thioether (sulfide) groups is 1. The van der Waals surface area contributed by atoms with E-state index in [0.29, 0.717) is 16.7 Å². The summed E-state index contributed by atoms with van der Waals surface area (Å²) in [5.41, 5.74) is 2.26. The Labute approximate surface area is 85.1 Å². The smallest absolute Gasteiger partial charge is 0.186 e. The van der Waals surface area contributed by atoms with Crippen molar-refractivity contribution in [1.82, 2.24) is 0 Å². The molecule has 1 aromatic rings. The van der Waals surface area contributed by atoms with Crippen LogP contribution in [-0.4, -0.2) is 20.8 Å². The van der Waals surface area contributed by atoms with Crippen LogP contribution in [0.4, 0.5) is 0 Å². The van der Waals surface area contributed by atoms with Gasteiger partial charge in [0.25, 0.3) is 0 Å². The fraction of sp³-hybridized carbons (Fsp3) is 0.222. The first kappa shape index (κ1) is 10.5. The monoisotopic (exact) mass is 186 g/mol. The lowest BCUT2D eigenvalue weighted by Gasteiger charge is -2.03. The molecule has 0 saturated heterocycles. The molecule has 0 atom stereocenters. The second-order valence-corrected chi connectivity index (χ2v) is 3.94. The molecule has 0 N–H and O–H groups in total. The molecular formula is C9H8B2OS. The molecule has 0 aromatic heterocycles. The van der Waals surface area contributed by atoms with Gasteiger partial charge in [0.15, 0.2) is 5.12 Å². The van der Waals surface area contributed by atoms with Crippen LogP contribution in [-0.2, 0) is 10.5 Å². The predicted molar refractivity (Wildman–Crippen MR) is 59.2 cm³/mol. The zero-order valence-electron chi connectivity index (χ0n) is 7.41. The van der Waals surface area contributed by atoms with Crippen LogP contribution in [0.15, 0.2) is 18.2 Å². The van der Waals surface area contributed by atoms with Gasteiger partial charge in [-0.25, -0.2) is 0 Å². The summed E-state index contributed by atoms with van der Waals surface area (Å²) in [5, 5.41) is 0.0981. The van der Waals surface area contributed by atoms with Crippen molar-refractivity contribution in [2.24, 2.45) is 0 Å². The van der Waals surface area contributed by atoms with E-state index in [1.165, 1.54) is 11.8 Å². The fourth-order valence-electron chi connectivity index (χ4n) is 1.01. The quantitative estimate of drug-likeness (QED) is 0.607. The van der Waals surface area contributed by atoms with Gasteiger partial charge >= 0.3 is 0 Å². The van der Waals surface area contributed by atoms with Crippen molar-refractivity contribution in [2.75, 3.05) is 0 Å². The van der Waals surface area contributed by atoms with Crippen LogP contribution in [0, 0.1) is 0 Å². The molecule has 1 aromatic carbocycles. The second-order valence-electron chi connectivity index (χ2n) is 2.79. The number of rotatable bonds is 2. The highest BCUT2D eigenvalue weighted by Gasteiger charge is 1.98. The van der Waals surface area contributed by atoms with Gasteiger partial charge in [-0.2, -0.15) is 0 Å². The summed E-state index contributed by atoms with van der Waals surface area (Å²) >= 11 is 1.25. The second kappa shape index (κ2) is 4.56. The highest BCUT2D eigenvalue weighted by Crippen LogP contribution is 2.10. The maximum Gasteiger partial charge on any atom is 0.186 e. The number of carbonyl (C=O) groups is 1. The zero-order chi connectivity index (χ0) is 9.84. The summed E-state index contributed by atoms with van der Waals surface area (Å²) in [6.45, 7) is 1.54. The molecular weight excluding hydrogens is 178 g/mol. The Bertz CT molecular complexity index is 305. The summed E-state index contributed by atoms with van der Waals surface area (Å²) in [6, 6.07) is 5.35. The molecule has 0 spiro atoms. The summed E-state index contributed by atoms with van der Waals surface area (Å²) in [7, 11) is 11.2. The van der Waals surface area contributed by atoms with Gasteiger partial charge in [-0.05, 0) is 5.56 Å². The normalized spacial score (nSPS) is 9.92. The van der Waals surface area contributed by atoms with Crippen molar-refractivity contribution >= 4 is 43.5 Å². The van der Waals surface area contributed by atoms with Crippen LogP contribution >= 0.6 is 11.8 Å². The number of hydrogen-bond donors (Lipinski definition) is 0. The van der Waals surface area contributed by atoms with E-state index in [1.54, 1.807) is 13.0 Å². The van der Waals surface area contributed by atoms with E-state index in [0.717, 1.165) is 5.56 Å². The van der Waals surface area contributed by atoms with Gasteiger partial charge in [0, 0.05) is 12.7 Å². The molecule has 0 bridgehead atoms. The van der Waals surface area contributed by atoms with E-state index in [2.05, 4.69) is 0 Å². The standard InChI is InChI=1S/C9H8B2OS/c1-6(12)13-5-7-2-8(10)4-9(11)3-7/h2-4H,5H2,1H3. The number of hydrogen-bond acceptors (Lipinski definition) is 2. The van der Waals surface area contributed by atoms with Gasteiger partial charge in [-0.15, -0.1) is 0 Å². The van der Waals surface area contributed by atoms with E-state index in [-0.39, 0.29) is 5.12 Å². The van der Waals surface area contributed by atoms with Crippen LogP contribution in [0.5, 0.6) is 0 Å². The Morgan fingerprint density at radius 2 is 1.85 bits per heavy atom. The van der Waals surface area contributed by atoms with Crippen LogP contribution in [0.25, 0.3) is 0 Å². The minimum atomic E-state index is 0.0981. The van der Waals surface area contributed by atoms with Crippen molar-refractivity contribution < 1.29 is 4.79 Å². The third kappa shape index (κ3) is 3.73. The molecule has 4 radical (unpaired) electrons. The lowest BCUT2D eigenvalue weighted by atomic mass is 9.86. The maximum atomic E-state index is 10.7. The topological polar surface area (TPSA) is 17.1 Å². The Balaban J connectivity index is 2.71. The highest BCUT2D eigenvalue weighted by atomic mass is 32.2. The molecule has 0 amide bonds. The average Bonchev–Trinajstić information content (AvgIpc) is 1.99. The Morgan fingerprint density at radius 1 is 1.31 bits per heavy atom. The van der Waals surface area contributed by atoms with E-state index < -0.39 is 0 Å². The maximum absolute atomic E-state index is 10.7. The lowest BCUT2D eigenvalue weighted by Crippen LogP contribution is -2.14. The SMILES string of the molecule is [B]c1cc([B])cc(CSC(C)=O)c1. The number of benzene rings is 1. The molecule has 0 saturated carbocycles. The molecule has 1 nitrogen and oxygen atoms in total. The van der Waals surface area contributed by atoms with E-state index >= 15 is 0 Å². The highest BCUT2D eigenvalue weighted by molar-refractivity contribution is 8.12. The third-order valence-corrected chi connectivity index (χ3v) is 2.36. The van der Waals surface area contributed by atoms with Gasteiger partial charge in [0.05, 0.1) is 0 Å². The minimum Gasteiger partial charge on any atom is -0.288 e. The molecule has 0 aliphatic rings. The molecule has 1 rings (SSSR count). The molecule has 0 heterocycles. The summed E-state index contributed by atoms with van der Waals surface area (Å²) in [6.07, 6.45) is 0. The van der Waals surface area contributed by atoms with Gasteiger partial charge in [0.1, 0.15) is 15.7 Å². The van der Waals surface area contributed by atoms with Crippen molar-refractivity contribution in [2.45, 2.75) is 12.7 Å². The van der Waals surface area contributed by atoms with Crippen molar-refractivity contribution in [3.8, 4) is 0 Å². The average molecular weight is 186 g/mol. The Morgan fingerprint density at radius 3 is 2.31 bits per heavy atom. The third-order valence-electron chi connectivity index (χ3n) is 1.48. The summed E-state index contributed by atoms with van der Waals surface area (Å²) in [4.78, 5) is 10.7. The van der Waals surface area contributed by atoms with Gasteiger partial charge in [-0.1, -0.05) is 40.9 Å². The van der Waals surface area contributed by atoms with Crippen molar-refractivity contribution in [1.29, 1.82) is 0 Å². The fourth-order valence-corrected chi connectivity index (χ4v) is 1.55. The first-order valence-electron chi connectivity index (χ1n) is 3.86. The first-order valence-corrected chi connectivity index (χ1v) is 4.85. The molecule has 62 valence electrons. The Hall–Kier alpha value is -0.630. The Kier molecular flexibility index (Phi) is 3.67. The lowest BCUT2D eigenvalue weighted by molar-refractivity contribution is -0.109. The molecule has 0 fully saturated rings. The van der Waals surface area contributed by atoms with Crippen LogP contribution in [0.2, 0.25) is 0 Å². The molecule has 0 unspecified atom stereocenters. The zero-order valence-corrected chi connectivity index (χ0v) is 8.23. The minimum absolute atomic E-state index is 0.0981. The van der Waals surface area contributed by atoms with Crippen LogP contribution in [0.1, 0.15) is 12.5 Å². The molecule has 13 heavy (non-hydrogen) atoms. The van der Waals surface area contributed by atoms with Crippen LogP contribution in [0.3, 0.4) is 0 Å².